The second kappa shape index (κ2) is 10.7. The Morgan fingerprint density at radius 2 is 1.56 bits per heavy atom. The van der Waals surface area contributed by atoms with Gasteiger partial charge in [0.2, 0.25) is 5.91 Å². The Labute approximate surface area is 199 Å². The van der Waals surface area contributed by atoms with E-state index in [0.29, 0.717) is 0 Å². The van der Waals surface area contributed by atoms with Crippen molar-refractivity contribution in [3.63, 3.8) is 0 Å². The lowest BCUT2D eigenvalue weighted by Crippen LogP contribution is -2.49. The van der Waals surface area contributed by atoms with E-state index < -0.39 is 24.0 Å². The van der Waals surface area contributed by atoms with Crippen LogP contribution in [-0.2, 0) is 14.3 Å². The number of nitrogens with one attached hydrogen (secondary N) is 2. The number of benzene rings is 2. The quantitative estimate of drug-likeness (QED) is 0.540. The molecule has 4 rings (SSSR count). The Morgan fingerprint density at radius 1 is 0.971 bits per heavy atom. The van der Waals surface area contributed by atoms with E-state index in [1.165, 1.54) is 0 Å². The van der Waals surface area contributed by atoms with Gasteiger partial charge in [-0.2, -0.15) is 0 Å². The molecular formula is C27H32N2O5. The number of carboxylic acid groups (broad SMARTS) is 1. The van der Waals surface area contributed by atoms with Gasteiger partial charge in [0.1, 0.15) is 12.6 Å². The topological polar surface area (TPSA) is 105 Å². The Balaban J connectivity index is 1.28. The van der Waals surface area contributed by atoms with Gasteiger partial charge in [0, 0.05) is 12.5 Å². The lowest BCUT2D eigenvalue weighted by Gasteiger charge is -2.28. The number of carbonyl (C=O) groups is 3. The molecule has 2 aliphatic carbocycles. The molecular weight excluding hydrogens is 432 g/mol. The normalized spacial score (nSPS) is 17.2. The van der Waals surface area contributed by atoms with Crippen LogP contribution in [0, 0.1) is 11.8 Å². The number of aliphatic carboxylic acids is 1. The first kappa shape index (κ1) is 23.8. The number of carbonyl (C=O) groups excluding carboxylic acids is 2. The third-order valence-electron chi connectivity index (χ3n) is 7.03. The SMILES string of the molecule is CC(CNC(=O)OCC1c2ccccc2-c2ccccc21)C(=O)NC(C(=O)O)C1CCCCC1. The predicted octanol–water partition coefficient (Wildman–Crippen LogP) is 4.31. The maximum absolute atomic E-state index is 12.6. The average molecular weight is 465 g/mol. The highest BCUT2D eigenvalue weighted by Gasteiger charge is 2.32. The molecule has 0 saturated heterocycles. The lowest BCUT2D eigenvalue weighted by atomic mass is 9.83. The molecule has 2 unspecified atom stereocenters. The minimum absolute atomic E-state index is 0.0364. The van der Waals surface area contributed by atoms with Crippen molar-refractivity contribution in [1.29, 1.82) is 0 Å². The van der Waals surface area contributed by atoms with Crippen molar-refractivity contribution >= 4 is 18.0 Å². The Kier molecular flexibility index (Phi) is 7.50. The predicted molar refractivity (Wildman–Crippen MR) is 128 cm³/mol. The molecule has 2 aliphatic rings. The van der Waals surface area contributed by atoms with Crippen LogP contribution >= 0.6 is 0 Å². The summed E-state index contributed by atoms with van der Waals surface area (Å²) in [4.78, 5) is 36.7. The highest BCUT2D eigenvalue weighted by molar-refractivity contribution is 5.85. The van der Waals surface area contributed by atoms with Gasteiger partial charge in [-0.3, -0.25) is 4.79 Å². The number of ether oxygens (including phenoxy) is 1. The molecule has 7 nitrogen and oxygen atoms in total. The van der Waals surface area contributed by atoms with E-state index in [2.05, 4.69) is 34.9 Å². The molecule has 2 aromatic carbocycles. The molecule has 1 fully saturated rings. The molecule has 7 heteroatoms. The summed E-state index contributed by atoms with van der Waals surface area (Å²) >= 11 is 0. The van der Waals surface area contributed by atoms with Crippen LogP contribution in [0.15, 0.2) is 48.5 Å². The lowest BCUT2D eigenvalue weighted by molar-refractivity contribution is -0.144. The first-order valence-electron chi connectivity index (χ1n) is 12.1. The van der Waals surface area contributed by atoms with Gasteiger partial charge in [0.15, 0.2) is 0 Å². The van der Waals surface area contributed by atoms with Crippen molar-refractivity contribution in [2.75, 3.05) is 13.2 Å². The molecule has 0 aromatic heterocycles. The van der Waals surface area contributed by atoms with Crippen molar-refractivity contribution < 1.29 is 24.2 Å². The fourth-order valence-electron chi connectivity index (χ4n) is 5.12. The van der Waals surface area contributed by atoms with E-state index in [1.807, 2.05) is 24.3 Å². The van der Waals surface area contributed by atoms with E-state index in [4.69, 9.17) is 4.74 Å². The van der Waals surface area contributed by atoms with Crippen molar-refractivity contribution in [3.8, 4) is 11.1 Å². The van der Waals surface area contributed by atoms with Crippen LogP contribution in [-0.4, -0.2) is 42.3 Å². The van der Waals surface area contributed by atoms with Crippen molar-refractivity contribution in [2.45, 2.75) is 51.0 Å². The highest BCUT2D eigenvalue weighted by atomic mass is 16.5. The Hall–Kier alpha value is -3.35. The van der Waals surface area contributed by atoms with E-state index >= 15 is 0 Å². The highest BCUT2D eigenvalue weighted by Crippen LogP contribution is 2.44. The Morgan fingerprint density at radius 3 is 2.15 bits per heavy atom. The molecule has 0 bridgehead atoms. The molecule has 180 valence electrons. The fourth-order valence-corrected chi connectivity index (χ4v) is 5.12. The van der Waals surface area contributed by atoms with E-state index in [-0.39, 0.29) is 30.9 Å². The summed E-state index contributed by atoms with van der Waals surface area (Å²) in [5.41, 5.74) is 4.57. The maximum atomic E-state index is 12.6. The number of amides is 2. The van der Waals surface area contributed by atoms with Gasteiger partial charge in [-0.05, 0) is 41.0 Å². The van der Waals surface area contributed by atoms with E-state index in [9.17, 15) is 19.5 Å². The third-order valence-corrected chi connectivity index (χ3v) is 7.03. The third kappa shape index (κ3) is 5.24. The molecule has 2 atom stereocenters. The zero-order valence-electron chi connectivity index (χ0n) is 19.5. The minimum atomic E-state index is -1.00. The largest absolute Gasteiger partial charge is 0.480 e. The van der Waals surface area contributed by atoms with Crippen molar-refractivity contribution in [3.05, 3.63) is 59.7 Å². The molecule has 3 N–H and O–H groups in total. The number of hydrogen-bond acceptors (Lipinski definition) is 4. The van der Waals surface area contributed by atoms with Crippen LogP contribution < -0.4 is 10.6 Å². The second-order valence-corrected chi connectivity index (χ2v) is 9.33. The standard InChI is InChI=1S/C27H32N2O5/c1-17(25(30)29-24(26(31)32)18-9-3-2-4-10-18)15-28-27(33)34-16-23-21-13-7-5-11-19(21)20-12-6-8-14-22(20)23/h5-8,11-14,17-18,23-24H,2-4,9-10,15-16H2,1H3,(H,28,33)(H,29,30)(H,31,32). The van der Waals surface area contributed by atoms with Crippen molar-refractivity contribution in [2.24, 2.45) is 11.8 Å². The van der Waals surface area contributed by atoms with Crippen LogP contribution in [0.25, 0.3) is 11.1 Å². The summed E-state index contributed by atoms with van der Waals surface area (Å²) in [6.45, 7) is 1.93. The van der Waals surface area contributed by atoms with Gasteiger partial charge in [-0.15, -0.1) is 0 Å². The Bertz CT molecular complexity index is 1000. The molecule has 2 amide bonds. The van der Waals surface area contributed by atoms with E-state index in [1.54, 1.807) is 6.92 Å². The molecule has 0 radical (unpaired) electrons. The molecule has 1 saturated carbocycles. The number of fused-ring (bicyclic) bond motifs is 3. The fraction of sp³-hybridized carbons (Fsp3) is 0.444. The number of alkyl carbamates (subject to hydrolysis) is 1. The summed E-state index contributed by atoms with van der Waals surface area (Å²) in [7, 11) is 0. The van der Waals surface area contributed by atoms with E-state index in [0.717, 1.165) is 54.4 Å². The minimum Gasteiger partial charge on any atom is -0.480 e. The molecule has 0 spiro atoms. The van der Waals surface area contributed by atoms with Gasteiger partial charge in [0.25, 0.3) is 0 Å². The van der Waals surface area contributed by atoms with Crippen LogP contribution in [0.5, 0.6) is 0 Å². The zero-order valence-corrected chi connectivity index (χ0v) is 19.5. The molecule has 34 heavy (non-hydrogen) atoms. The molecule has 2 aromatic rings. The van der Waals surface area contributed by atoms with Gasteiger partial charge in [-0.1, -0.05) is 74.7 Å². The molecule has 0 heterocycles. The summed E-state index contributed by atoms with van der Waals surface area (Å²) < 4.78 is 5.51. The van der Waals surface area contributed by atoms with Gasteiger partial charge in [-0.25, -0.2) is 9.59 Å². The van der Waals surface area contributed by atoms with Crippen LogP contribution in [0.1, 0.15) is 56.1 Å². The first-order valence-corrected chi connectivity index (χ1v) is 12.1. The van der Waals surface area contributed by atoms with Gasteiger partial charge < -0.3 is 20.5 Å². The van der Waals surface area contributed by atoms with Gasteiger partial charge >= 0.3 is 12.1 Å². The van der Waals surface area contributed by atoms with Crippen LogP contribution in [0.4, 0.5) is 4.79 Å². The van der Waals surface area contributed by atoms with Crippen LogP contribution in [0.3, 0.4) is 0 Å². The number of hydrogen-bond donors (Lipinski definition) is 3. The number of carboxylic acids is 1. The van der Waals surface area contributed by atoms with Crippen LogP contribution in [0.2, 0.25) is 0 Å². The van der Waals surface area contributed by atoms with Crippen molar-refractivity contribution in [1.82, 2.24) is 10.6 Å². The second-order valence-electron chi connectivity index (χ2n) is 9.33. The summed E-state index contributed by atoms with van der Waals surface area (Å²) in [5.74, 6) is -2.04. The maximum Gasteiger partial charge on any atom is 0.407 e. The summed E-state index contributed by atoms with van der Waals surface area (Å²) in [5, 5.41) is 14.9. The summed E-state index contributed by atoms with van der Waals surface area (Å²) in [6, 6.07) is 15.3. The molecule has 0 aliphatic heterocycles. The smallest absolute Gasteiger partial charge is 0.407 e. The summed E-state index contributed by atoms with van der Waals surface area (Å²) in [6.07, 6.45) is 4.11. The average Bonchev–Trinajstić information content (AvgIpc) is 3.18. The van der Waals surface area contributed by atoms with Gasteiger partial charge in [0.05, 0.1) is 5.92 Å². The number of rotatable bonds is 8. The zero-order chi connectivity index (χ0) is 24.1. The first-order chi connectivity index (χ1) is 16.5. The monoisotopic (exact) mass is 464 g/mol.